The Labute approximate surface area is 388 Å². The summed E-state index contributed by atoms with van der Waals surface area (Å²) < 4.78 is 9.78. The molecule has 0 amide bonds. The average Bonchev–Trinajstić information content (AvgIpc) is 3.91. The zero-order valence-electron chi connectivity index (χ0n) is 39.4. The van der Waals surface area contributed by atoms with E-state index in [9.17, 15) is 0 Å². The van der Waals surface area contributed by atoms with Crippen LogP contribution in [0.4, 0.5) is 28.4 Å². The molecular weight excluding hydrogens is 808 g/mol. The summed E-state index contributed by atoms with van der Waals surface area (Å²) >= 11 is 1.89. The van der Waals surface area contributed by atoms with E-state index in [2.05, 4.69) is 214 Å². The Kier molecular flexibility index (Phi) is 8.56. The zero-order valence-corrected chi connectivity index (χ0v) is 40.2. The SMILES string of the molecule is Cc1cc2c(cc1N1c3cc4c(oc5ccccc54)c(-c4c(Nc5ccc(C(C)(C)C)cc5)ccc5c4-c4ccccc4C5(C)C)c3[B]c3sc4ccccc4c31)C(C)(C)CCC2(C)C. The number of hydrogen-bond acceptors (Lipinski definition) is 4. The Morgan fingerprint density at radius 3 is 2.06 bits per heavy atom. The number of rotatable bonds is 4. The normalized spacial score (nSPS) is 16.5. The minimum absolute atomic E-state index is 0.0455. The summed E-state index contributed by atoms with van der Waals surface area (Å²) in [5, 5.41) is 7.54. The third-order valence-electron chi connectivity index (χ3n) is 15.5. The Balaban J connectivity index is 1.22. The summed E-state index contributed by atoms with van der Waals surface area (Å²) in [5.74, 6) is 0. The Morgan fingerprint density at radius 1 is 0.631 bits per heavy atom. The molecule has 3 aliphatic rings. The van der Waals surface area contributed by atoms with Gasteiger partial charge in [0.15, 0.2) is 0 Å². The number of fused-ring (bicyclic) bond motifs is 11. The van der Waals surface area contributed by atoms with E-state index in [1.54, 1.807) is 0 Å². The van der Waals surface area contributed by atoms with Gasteiger partial charge in [0.25, 0.3) is 0 Å². The van der Waals surface area contributed by atoms with Crippen LogP contribution in [0.1, 0.15) is 109 Å². The number of anilines is 5. The lowest BCUT2D eigenvalue weighted by Crippen LogP contribution is -2.40. The van der Waals surface area contributed by atoms with Gasteiger partial charge in [-0.1, -0.05) is 147 Å². The second-order valence-corrected chi connectivity index (χ2v) is 23.0. The number of para-hydroxylation sites is 1. The number of benzene rings is 7. The molecule has 2 aliphatic carbocycles. The van der Waals surface area contributed by atoms with Crippen molar-refractivity contribution in [1.82, 2.24) is 0 Å². The van der Waals surface area contributed by atoms with Crippen molar-refractivity contribution in [3.8, 4) is 22.3 Å². The number of nitrogens with zero attached hydrogens (tertiary/aromatic N) is 1. The molecule has 12 rings (SSSR count). The van der Waals surface area contributed by atoms with Crippen LogP contribution >= 0.6 is 11.3 Å². The molecule has 65 heavy (non-hydrogen) atoms. The highest BCUT2D eigenvalue weighted by Crippen LogP contribution is 2.57. The molecule has 1 N–H and O–H groups in total. The van der Waals surface area contributed by atoms with Gasteiger partial charge < -0.3 is 14.6 Å². The number of nitrogens with one attached hydrogen (secondary N) is 1. The molecule has 9 aromatic rings. The van der Waals surface area contributed by atoms with E-state index >= 15 is 0 Å². The van der Waals surface area contributed by atoms with Crippen LogP contribution in [0.2, 0.25) is 0 Å². The molecule has 3 heterocycles. The largest absolute Gasteiger partial charge is 0.455 e. The van der Waals surface area contributed by atoms with Gasteiger partial charge in [-0.15, -0.1) is 11.3 Å². The molecule has 0 bridgehead atoms. The van der Waals surface area contributed by atoms with E-state index in [1.807, 2.05) is 11.3 Å². The first-order chi connectivity index (χ1) is 31.0. The van der Waals surface area contributed by atoms with Gasteiger partial charge in [0.05, 0.1) is 5.69 Å². The fourth-order valence-corrected chi connectivity index (χ4v) is 12.8. The topological polar surface area (TPSA) is 28.4 Å². The van der Waals surface area contributed by atoms with Crippen molar-refractivity contribution in [3.63, 3.8) is 0 Å². The van der Waals surface area contributed by atoms with Crippen molar-refractivity contribution in [3.05, 3.63) is 161 Å². The Bertz CT molecular complexity index is 3460. The highest BCUT2D eigenvalue weighted by molar-refractivity contribution is 7.29. The maximum absolute atomic E-state index is 7.24. The van der Waals surface area contributed by atoms with Gasteiger partial charge in [0.1, 0.15) is 11.2 Å². The van der Waals surface area contributed by atoms with Gasteiger partial charge in [-0.2, -0.15) is 0 Å². The van der Waals surface area contributed by atoms with Crippen LogP contribution < -0.4 is 20.5 Å². The van der Waals surface area contributed by atoms with Gasteiger partial charge in [-0.05, 0) is 133 Å². The summed E-state index contributed by atoms with van der Waals surface area (Å²) in [6.45, 7) is 23.7. The van der Waals surface area contributed by atoms with Crippen LogP contribution in [0.25, 0.3) is 54.3 Å². The van der Waals surface area contributed by atoms with Crippen LogP contribution in [-0.2, 0) is 21.7 Å². The quantitative estimate of drug-likeness (QED) is 0.179. The minimum Gasteiger partial charge on any atom is -0.455 e. The Morgan fingerprint density at radius 2 is 1.31 bits per heavy atom. The lowest BCUT2D eigenvalue weighted by molar-refractivity contribution is 0.332. The monoisotopic (exact) mass is 863 g/mol. The van der Waals surface area contributed by atoms with Crippen LogP contribution in [0.5, 0.6) is 0 Å². The van der Waals surface area contributed by atoms with Crippen molar-refractivity contribution in [2.75, 3.05) is 10.2 Å². The molecule has 3 nitrogen and oxygen atoms in total. The third kappa shape index (κ3) is 5.93. The highest BCUT2D eigenvalue weighted by atomic mass is 32.1. The predicted molar refractivity (Wildman–Crippen MR) is 280 cm³/mol. The smallest absolute Gasteiger partial charge is 0.212 e. The first-order valence-electron chi connectivity index (χ1n) is 23.5. The summed E-state index contributed by atoms with van der Waals surface area (Å²) in [7, 11) is 2.49. The third-order valence-corrected chi connectivity index (χ3v) is 16.6. The van der Waals surface area contributed by atoms with E-state index in [0.717, 1.165) is 45.3 Å². The maximum Gasteiger partial charge on any atom is 0.212 e. The second-order valence-electron chi connectivity index (χ2n) is 21.9. The molecule has 7 aromatic carbocycles. The van der Waals surface area contributed by atoms with Crippen molar-refractivity contribution in [2.24, 2.45) is 0 Å². The highest BCUT2D eigenvalue weighted by Gasteiger charge is 2.42. The predicted octanol–water partition coefficient (Wildman–Crippen LogP) is 15.9. The standard InChI is InChI=1S/C60H56BN2OS/c1-34-31-43-44(59(7,8)30-29-58(43,5)6)33-46(34)63-47-32-40-37-17-12-15-21-48(37)64-55(40)52(53(47)61-56-54(63)39-19-13-16-22-49(39)65-56)51-45(62-36-25-23-35(24-26-36)57(2,3)4)28-27-42-50(51)38-18-11-14-20-41(38)60(42,9)10/h11-28,31-33,62H,29-30H2,1-10H3. The van der Waals surface area contributed by atoms with Crippen molar-refractivity contribution in [1.29, 1.82) is 0 Å². The summed E-state index contributed by atoms with van der Waals surface area (Å²) in [4.78, 5) is 2.64. The average molecular weight is 864 g/mol. The molecule has 0 saturated carbocycles. The van der Waals surface area contributed by atoms with Crippen molar-refractivity contribution >= 4 is 89.3 Å². The van der Waals surface area contributed by atoms with Gasteiger partial charge >= 0.3 is 0 Å². The fourth-order valence-electron chi connectivity index (χ4n) is 11.6. The number of hydrogen-bond donors (Lipinski definition) is 1. The molecule has 321 valence electrons. The van der Waals surface area contributed by atoms with E-state index in [-0.39, 0.29) is 21.7 Å². The molecule has 0 unspecified atom stereocenters. The molecule has 1 aliphatic heterocycles. The molecule has 1 radical (unpaired) electrons. The molecule has 0 fully saturated rings. The van der Waals surface area contributed by atoms with E-state index in [0.29, 0.717) is 0 Å². The lowest BCUT2D eigenvalue weighted by atomic mass is 9.61. The van der Waals surface area contributed by atoms with Crippen LogP contribution in [-0.4, -0.2) is 7.28 Å². The van der Waals surface area contributed by atoms with Crippen LogP contribution in [0.15, 0.2) is 132 Å². The van der Waals surface area contributed by atoms with Crippen LogP contribution in [0, 0.1) is 6.92 Å². The first kappa shape index (κ1) is 40.5. The van der Waals surface area contributed by atoms with Crippen molar-refractivity contribution in [2.45, 2.75) is 104 Å². The molecular formula is C60H56BN2OS. The molecule has 0 atom stereocenters. The lowest BCUT2D eigenvalue weighted by Gasteiger charge is -2.43. The number of aryl methyl sites for hydroxylation is 1. The van der Waals surface area contributed by atoms with Gasteiger partial charge in [-0.25, -0.2) is 0 Å². The number of furan rings is 1. The van der Waals surface area contributed by atoms with Crippen LogP contribution in [0.3, 0.4) is 0 Å². The molecule has 2 aromatic heterocycles. The maximum atomic E-state index is 7.24. The van der Waals surface area contributed by atoms with E-state index < -0.39 is 0 Å². The van der Waals surface area contributed by atoms with Gasteiger partial charge in [0, 0.05) is 60.2 Å². The van der Waals surface area contributed by atoms with E-state index in [4.69, 9.17) is 4.42 Å². The van der Waals surface area contributed by atoms with Crippen molar-refractivity contribution < 1.29 is 4.42 Å². The molecule has 0 spiro atoms. The second kappa shape index (κ2) is 13.7. The molecule has 5 heteroatoms. The summed E-state index contributed by atoms with van der Waals surface area (Å²) in [6.07, 6.45) is 2.34. The summed E-state index contributed by atoms with van der Waals surface area (Å²) in [6, 6.07) is 47.9. The Hall–Kier alpha value is -6.04. The number of thiophene rings is 1. The molecule has 0 saturated heterocycles. The first-order valence-corrected chi connectivity index (χ1v) is 24.3. The fraction of sp³-hybridized carbons (Fsp3) is 0.267. The minimum atomic E-state index is -0.204. The van der Waals surface area contributed by atoms with Gasteiger partial charge in [-0.3, -0.25) is 0 Å². The van der Waals surface area contributed by atoms with E-state index in [1.165, 1.54) is 93.9 Å². The van der Waals surface area contributed by atoms with Gasteiger partial charge in [0.2, 0.25) is 7.28 Å². The summed E-state index contributed by atoms with van der Waals surface area (Å²) in [5.41, 5.74) is 21.9. The zero-order chi connectivity index (χ0) is 44.9.